The van der Waals surface area contributed by atoms with Gasteiger partial charge in [0.25, 0.3) is 0 Å². The van der Waals surface area contributed by atoms with Crippen molar-refractivity contribution < 1.29 is 29.3 Å². The van der Waals surface area contributed by atoms with E-state index in [1.807, 2.05) is 0 Å². The number of hydrogen-bond acceptors (Lipinski definition) is 4. The average molecular weight is 285 g/mol. The number of aliphatic carboxylic acids is 1. The van der Waals surface area contributed by atoms with Crippen LogP contribution in [0.5, 0.6) is 0 Å². The zero-order valence-electron chi connectivity index (χ0n) is 10.6. The van der Waals surface area contributed by atoms with Crippen molar-refractivity contribution in [1.29, 1.82) is 0 Å². The summed E-state index contributed by atoms with van der Waals surface area (Å²) < 4.78 is 13.7. The van der Waals surface area contributed by atoms with Crippen LogP contribution in [0.15, 0.2) is 18.2 Å². The number of carbonyl (C=O) groups is 2. The highest BCUT2D eigenvalue weighted by molar-refractivity contribution is 5.74. The lowest BCUT2D eigenvalue weighted by Gasteiger charge is -2.17. The van der Waals surface area contributed by atoms with Crippen molar-refractivity contribution in [2.45, 2.75) is 31.5 Å². The Kier molecular flexibility index (Phi) is 5.60. The standard InChI is InChI=1S/C13H16FNO5/c14-9-5-8(13(20)10(16)6-11(15)17)2-1-7(9)3-4-12(18)19/h1-2,5,10,13,16,20H,3-4,6H2,(H2,15,17)(H,18,19). The zero-order chi connectivity index (χ0) is 15.3. The molecule has 2 atom stereocenters. The lowest BCUT2D eigenvalue weighted by molar-refractivity contribution is -0.137. The van der Waals surface area contributed by atoms with E-state index in [1.54, 1.807) is 0 Å². The Morgan fingerprint density at radius 1 is 1.30 bits per heavy atom. The number of halogens is 1. The first-order valence-electron chi connectivity index (χ1n) is 5.95. The van der Waals surface area contributed by atoms with Gasteiger partial charge in [-0.2, -0.15) is 0 Å². The first-order chi connectivity index (χ1) is 9.31. The van der Waals surface area contributed by atoms with Crippen LogP contribution in [0, 0.1) is 5.82 Å². The van der Waals surface area contributed by atoms with Crippen LogP contribution in [0.1, 0.15) is 30.1 Å². The molecule has 7 heteroatoms. The predicted molar refractivity (Wildman–Crippen MR) is 67.1 cm³/mol. The van der Waals surface area contributed by atoms with Gasteiger partial charge in [0.1, 0.15) is 11.9 Å². The molecular weight excluding hydrogens is 269 g/mol. The highest BCUT2D eigenvalue weighted by Crippen LogP contribution is 2.22. The van der Waals surface area contributed by atoms with Crippen molar-refractivity contribution in [2.24, 2.45) is 5.73 Å². The molecule has 20 heavy (non-hydrogen) atoms. The SMILES string of the molecule is NC(=O)CC(O)C(O)c1ccc(CCC(=O)O)c(F)c1. The van der Waals surface area contributed by atoms with Crippen LogP contribution in [0.4, 0.5) is 4.39 Å². The van der Waals surface area contributed by atoms with E-state index in [1.165, 1.54) is 12.1 Å². The molecule has 110 valence electrons. The summed E-state index contributed by atoms with van der Waals surface area (Å²) in [6.07, 6.45) is -3.48. The fraction of sp³-hybridized carbons (Fsp3) is 0.385. The Morgan fingerprint density at radius 2 is 1.95 bits per heavy atom. The second-order valence-corrected chi connectivity index (χ2v) is 4.43. The summed E-state index contributed by atoms with van der Waals surface area (Å²) >= 11 is 0. The van der Waals surface area contributed by atoms with Gasteiger partial charge in [0, 0.05) is 6.42 Å². The van der Waals surface area contributed by atoms with E-state index in [0.29, 0.717) is 0 Å². The summed E-state index contributed by atoms with van der Waals surface area (Å²) in [5.74, 6) is -2.49. The summed E-state index contributed by atoms with van der Waals surface area (Å²) in [4.78, 5) is 21.0. The number of carboxylic acids is 1. The van der Waals surface area contributed by atoms with Crippen LogP contribution in [0.2, 0.25) is 0 Å². The molecule has 1 rings (SSSR count). The van der Waals surface area contributed by atoms with Gasteiger partial charge in [0.05, 0.1) is 12.5 Å². The maximum atomic E-state index is 13.7. The second-order valence-electron chi connectivity index (χ2n) is 4.43. The molecule has 1 aromatic rings. The molecule has 1 aromatic carbocycles. The molecule has 6 nitrogen and oxygen atoms in total. The lowest BCUT2D eigenvalue weighted by atomic mass is 9.99. The molecular formula is C13H16FNO5. The molecule has 0 spiro atoms. The highest BCUT2D eigenvalue weighted by atomic mass is 19.1. The van der Waals surface area contributed by atoms with Gasteiger partial charge >= 0.3 is 5.97 Å². The fourth-order valence-electron chi connectivity index (χ4n) is 1.73. The third-order valence-corrected chi connectivity index (χ3v) is 2.80. The minimum absolute atomic E-state index is 0.0291. The van der Waals surface area contributed by atoms with Crippen molar-refractivity contribution in [1.82, 2.24) is 0 Å². The van der Waals surface area contributed by atoms with Crippen molar-refractivity contribution in [3.8, 4) is 0 Å². The minimum Gasteiger partial charge on any atom is -0.481 e. The summed E-state index contributed by atoms with van der Waals surface area (Å²) in [5, 5.41) is 27.8. The van der Waals surface area contributed by atoms with Gasteiger partial charge in [0.2, 0.25) is 5.91 Å². The predicted octanol–water partition coefficient (Wildman–Crippen LogP) is 0.113. The van der Waals surface area contributed by atoms with E-state index in [2.05, 4.69) is 0 Å². The van der Waals surface area contributed by atoms with E-state index >= 15 is 0 Å². The van der Waals surface area contributed by atoms with E-state index in [4.69, 9.17) is 10.8 Å². The number of aliphatic hydroxyl groups is 2. The van der Waals surface area contributed by atoms with E-state index in [9.17, 15) is 24.2 Å². The molecule has 0 fully saturated rings. The number of carbonyl (C=O) groups excluding carboxylic acids is 1. The molecule has 0 bridgehead atoms. The number of primary amides is 1. The smallest absolute Gasteiger partial charge is 0.303 e. The van der Waals surface area contributed by atoms with Crippen molar-refractivity contribution in [2.75, 3.05) is 0 Å². The highest BCUT2D eigenvalue weighted by Gasteiger charge is 2.21. The van der Waals surface area contributed by atoms with Gasteiger partial charge in [-0.1, -0.05) is 12.1 Å². The molecule has 0 heterocycles. The first-order valence-corrected chi connectivity index (χ1v) is 5.95. The molecule has 0 aliphatic heterocycles. The van der Waals surface area contributed by atoms with Crippen LogP contribution in [-0.2, 0) is 16.0 Å². The van der Waals surface area contributed by atoms with Crippen LogP contribution in [0.25, 0.3) is 0 Å². The molecule has 1 amide bonds. The van der Waals surface area contributed by atoms with Gasteiger partial charge in [-0.3, -0.25) is 9.59 Å². The summed E-state index contributed by atoms with van der Waals surface area (Å²) in [6, 6.07) is 3.72. The largest absolute Gasteiger partial charge is 0.481 e. The van der Waals surface area contributed by atoms with E-state index in [-0.39, 0.29) is 24.0 Å². The average Bonchev–Trinajstić information content (AvgIpc) is 2.35. The maximum Gasteiger partial charge on any atom is 0.303 e. The van der Waals surface area contributed by atoms with Crippen LogP contribution in [-0.4, -0.2) is 33.3 Å². The molecule has 0 aromatic heterocycles. The number of carboxylic acid groups (broad SMARTS) is 1. The van der Waals surface area contributed by atoms with Crippen molar-refractivity contribution in [3.63, 3.8) is 0 Å². The third kappa shape index (κ3) is 4.60. The number of aryl methyl sites for hydroxylation is 1. The minimum atomic E-state index is -1.44. The normalized spacial score (nSPS) is 13.8. The number of aliphatic hydroxyl groups excluding tert-OH is 2. The Bertz CT molecular complexity index is 506. The Hall–Kier alpha value is -1.99. The van der Waals surface area contributed by atoms with E-state index < -0.39 is 36.3 Å². The molecule has 0 saturated heterocycles. The van der Waals surface area contributed by atoms with Gasteiger partial charge in [-0.05, 0) is 23.6 Å². The monoisotopic (exact) mass is 285 g/mol. The van der Waals surface area contributed by atoms with Gasteiger partial charge < -0.3 is 21.1 Å². The molecule has 0 saturated carbocycles. The number of rotatable bonds is 7. The third-order valence-electron chi connectivity index (χ3n) is 2.80. The zero-order valence-corrected chi connectivity index (χ0v) is 10.6. The van der Waals surface area contributed by atoms with Crippen molar-refractivity contribution in [3.05, 3.63) is 35.1 Å². The van der Waals surface area contributed by atoms with Gasteiger partial charge in [0.15, 0.2) is 0 Å². The Morgan fingerprint density at radius 3 is 2.45 bits per heavy atom. The quantitative estimate of drug-likeness (QED) is 0.566. The van der Waals surface area contributed by atoms with Crippen LogP contribution < -0.4 is 5.73 Å². The number of amides is 1. The van der Waals surface area contributed by atoms with Crippen LogP contribution >= 0.6 is 0 Å². The van der Waals surface area contributed by atoms with Crippen molar-refractivity contribution >= 4 is 11.9 Å². The molecule has 0 aliphatic rings. The van der Waals surface area contributed by atoms with Gasteiger partial charge in [-0.15, -0.1) is 0 Å². The number of hydrogen-bond donors (Lipinski definition) is 4. The van der Waals surface area contributed by atoms with E-state index in [0.717, 1.165) is 6.07 Å². The second kappa shape index (κ2) is 6.97. The lowest BCUT2D eigenvalue weighted by Crippen LogP contribution is -2.25. The molecule has 0 radical (unpaired) electrons. The Balaban J connectivity index is 2.80. The summed E-state index contributed by atoms with van der Waals surface area (Å²) in [7, 11) is 0. The fourth-order valence-corrected chi connectivity index (χ4v) is 1.73. The van der Waals surface area contributed by atoms with Crippen LogP contribution in [0.3, 0.4) is 0 Å². The van der Waals surface area contributed by atoms with Gasteiger partial charge in [-0.25, -0.2) is 4.39 Å². The number of benzene rings is 1. The molecule has 5 N–H and O–H groups in total. The molecule has 2 unspecified atom stereocenters. The summed E-state index contributed by atoms with van der Waals surface area (Å²) in [6.45, 7) is 0. The first kappa shape index (κ1) is 16.1. The Labute approximate surface area is 114 Å². The summed E-state index contributed by atoms with van der Waals surface area (Å²) in [5.41, 5.74) is 5.19. The maximum absolute atomic E-state index is 13.7. The number of nitrogens with two attached hydrogens (primary N) is 1. The molecule has 0 aliphatic carbocycles. The topological polar surface area (TPSA) is 121 Å².